The molecule has 1 atom stereocenters. The molecule has 0 saturated carbocycles. The number of H-pyrrole nitrogens is 1. The number of hydrogen-bond acceptors (Lipinski definition) is 14. The molecule has 0 bridgehead atoms. The van der Waals surface area contributed by atoms with Crippen LogP contribution in [-0.4, -0.2) is 126 Å². The molecule has 5 aromatic rings. The molecule has 3 N–H and O–H groups in total. The fourth-order valence-electron chi connectivity index (χ4n) is 9.63. The van der Waals surface area contributed by atoms with Gasteiger partial charge in [-0.05, 0) is 85.6 Å². The van der Waals surface area contributed by atoms with Crippen molar-refractivity contribution in [2.75, 3.05) is 87.2 Å². The third-order valence-electron chi connectivity index (χ3n) is 13.5. The second kappa shape index (κ2) is 19.9. The molecule has 4 aliphatic rings. The number of nitro groups is 1. The van der Waals surface area contributed by atoms with Gasteiger partial charge in [0, 0.05) is 121 Å². The van der Waals surface area contributed by atoms with Crippen molar-refractivity contribution in [1.82, 2.24) is 24.5 Å². The van der Waals surface area contributed by atoms with E-state index in [1.165, 1.54) is 35.0 Å². The summed E-state index contributed by atoms with van der Waals surface area (Å²) in [7, 11) is -6.86. The van der Waals surface area contributed by atoms with E-state index in [-0.39, 0.29) is 40.8 Å². The summed E-state index contributed by atoms with van der Waals surface area (Å²) in [5, 5.41) is 17.1. The molecule has 0 unspecified atom stereocenters. The van der Waals surface area contributed by atoms with E-state index in [9.17, 15) is 27.5 Å². The first-order valence-corrected chi connectivity index (χ1v) is 27.1. The highest BCUT2D eigenvalue weighted by molar-refractivity contribution is 7.93. The Kier molecular flexibility index (Phi) is 14.0. The van der Waals surface area contributed by atoms with Crippen molar-refractivity contribution >= 4 is 70.9 Å². The Labute approximate surface area is 408 Å². The number of nitrogens with one attached hydrogen (secondary N) is 3. The molecule has 366 valence electrons. The molecule has 1 amide bonds. The monoisotopic (exact) mass is 999 g/mol. The summed E-state index contributed by atoms with van der Waals surface area (Å²) in [6.45, 7) is 13.0. The molecule has 20 heteroatoms. The standard InChI is InChI=1S/C49H58ClN9O8S2/c1-4-53-68(63)23-21-56(22-24-68)16-13-37-32-66-45-28-40(27-43(59(61)62)46(45)54-37)69(64,65)55-48(60)41-10-9-38(26-44(41)67-39-25-34-12-15-51-47(34)52-30-39)58-19-17-57(18-20-58)31-35-11-14-49(2,3)29-42(35)33-5-7-36(50)8-6-33/h5-10,12,15,25-28,30,37,54H,4,11,13-14,16-24,29,31-32H2,1-3H3,(H,51,52)(H,55,60)/t37-/m1/s1. The Morgan fingerprint density at radius 1 is 1.04 bits per heavy atom. The number of aromatic amines is 1. The number of nitrogens with zero attached hydrogens (tertiary/aromatic N) is 6. The molecule has 69 heavy (non-hydrogen) atoms. The number of ether oxygens (including phenoxy) is 2. The number of pyridine rings is 1. The van der Waals surface area contributed by atoms with Crippen LogP contribution in [0.4, 0.5) is 17.1 Å². The van der Waals surface area contributed by atoms with Gasteiger partial charge in [-0.15, -0.1) is 0 Å². The quantitative estimate of drug-likeness (QED) is 0.0710. The van der Waals surface area contributed by atoms with E-state index in [0.29, 0.717) is 68.6 Å². The van der Waals surface area contributed by atoms with Crippen LogP contribution >= 0.6 is 11.6 Å². The average Bonchev–Trinajstić information content (AvgIpc) is 3.80. The summed E-state index contributed by atoms with van der Waals surface area (Å²) in [6.07, 6.45) is 7.01. The molecule has 9 rings (SSSR count). The van der Waals surface area contributed by atoms with Crippen LogP contribution in [0.15, 0.2) is 94.0 Å². The second-order valence-corrected chi connectivity index (χ2v) is 23.7. The van der Waals surface area contributed by atoms with Gasteiger partial charge in [-0.25, -0.2) is 26.7 Å². The normalized spacial score (nSPS) is 19.6. The number of sulfonamides is 1. The molecular formula is C49H58ClN9O8S2. The Bertz CT molecular complexity index is 3020. The smallest absolute Gasteiger partial charge is 0.297 e. The summed E-state index contributed by atoms with van der Waals surface area (Å²) < 4.78 is 59.5. The predicted octanol–water partition coefficient (Wildman–Crippen LogP) is 8.19. The lowest BCUT2D eigenvalue weighted by molar-refractivity contribution is -0.384. The maximum Gasteiger partial charge on any atom is 0.297 e. The van der Waals surface area contributed by atoms with E-state index < -0.39 is 41.2 Å². The number of nitro benzene ring substituents is 1. The highest BCUT2D eigenvalue weighted by Crippen LogP contribution is 2.44. The summed E-state index contributed by atoms with van der Waals surface area (Å²) in [4.78, 5) is 39.7. The van der Waals surface area contributed by atoms with Crippen molar-refractivity contribution in [2.24, 2.45) is 9.78 Å². The molecule has 5 heterocycles. The van der Waals surface area contributed by atoms with Crippen molar-refractivity contribution < 1.29 is 31.8 Å². The van der Waals surface area contributed by atoms with E-state index in [2.05, 4.69) is 65.0 Å². The van der Waals surface area contributed by atoms with E-state index in [1.54, 1.807) is 24.4 Å². The molecule has 0 spiro atoms. The molecule has 1 aliphatic carbocycles. The van der Waals surface area contributed by atoms with Gasteiger partial charge in [-0.3, -0.25) is 19.8 Å². The van der Waals surface area contributed by atoms with Crippen LogP contribution in [-0.2, 0) is 19.8 Å². The van der Waals surface area contributed by atoms with Gasteiger partial charge in [0.05, 0.1) is 27.6 Å². The zero-order chi connectivity index (χ0) is 48.5. The molecule has 2 fully saturated rings. The lowest BCUT2D eigenvalue weighted by Crippen LogP contribution is -2.47. The first-order valence-electron chi connectivity index (χ1n) is 23.4. The number of fused-ring (bicyclic) bond motifs is 2. The predicted molar refractivity (Wildman–Crippen MR) is 270 cm³/mol. The van der Waals surface area contributed by atoms with Crippen molar-refractivity contribution in [3.63, 3.8) is 0 Å². The zero-order valence-electron chi connectivity index (χ0n) is 39.0. The van der Waals surface area contributed by atoms with E-state index in [1.807, 2.05) is 25.1 Å². The van der Waals surface area contributed by atoms with E-state index in [0.717, 1.165) is 61.1 Å². The van der Waals surface area contributed by atoms with Gasteiger partial charge in [0.1, 0.15) is 23.8 Å². The third-order valence-corrected chi connectivity index (χ3v) is 17.5. The summed E-state index contributed by atoms with van der Waals surface area (Å²) >= 11 is 6.25. The number of carbonyl (C=O) groups excluding carboxylic acids is 1. The molecule has 0 radical (unpaired) electrons. The number of anilines is 2. The van der Waals surface area contributed by atoms with Gasteiger partial charge in [0.2, 0.25) is 0 Å². The molecule has 3 aromatic carbocycles. The second-order valence-electron chi connectivity index (χ2n) is 19.0. The van der Waals surface area contributed by atoms with Gasteiger partial charge in [0.15, 0.2) is 11.4 Å². The zero-order valence-corrected chi connectivity index (χ0v) is 41.4. The SMILES string of the molecule is CCN=S1(=O)CCN(CC[C@@H]2COc3cc(S(=O)(=O)NC(=O)c4ccc(N5CCN(CC6=C(c7ccc(Cl)cc7)CC(C)(C)CC6)CC5)cc4Oc4cnc5[nH]ccc5c4)cc([N+](=O)[O-])c3N2)CC1. The van der Waals surface area contributed by atoms with Gasteiger partial charge >= 0.3 is 0 Å². The molecule has 2 saturated heterocycles. The molecule has 17 nitrogen and oxygen atoms in total. The topological polar surface area (TPSA) is 205 Å². The number of aromatic nitrogens is 2. The Hall–Kier alpha value is -5.73. The largest absolute Gasteiger partial charge is 0.489 e. The van der Waals surface area contributed by atoms with Gasteiger partial charge in [-0.2, -0.15) is 0 Å². The number of amides is 1. The average molecular weight is 1000 g/mol. The molecular weight excluding hydrogens is 942 g/mol. The highest BCUT2D eigenvalue weighted by atomic mass is 35.5. The van der Waals surface area contributed by atoms with Crippen molar-refractivity contribution in [2.45, 2.75) is 57.4 Å². The summed E-state index contributed by atoms with van der Waals surface area (Å²) in [5.74, 6) is 0.431. The fourth-order valence-corrected chi connectivity index (χ4v) is 12.8. The Morgan fingerprint density at radius 3 is 2.55 bits per heavy atom. The number of halogens is 1. The minimum atomic E-state index is -4.69. The van der Waals surface area contributed by atoms with Gasteiger partial charge < -0.3 is 29.6 Å². The maximum atomic E-state index is 14.1. The van der Waals surface area contributed by atoms with Crippen LogP contribution < -0.4 is 24.4 Å². The van der Waals surface area contributed by atoms with Crippen LogP contribution in [0, 0.1) is 15.5 Å². The number of allylic oxidation sites excluding steroid dienone is 1. The number of rotatable bonds is 14. The van der Waals surface area contributed by atoms with Crippen LogP contribution in [0.1, 0.15) is 62.4 Å². The van der Waals surface area contributed by atoms with Gasteiger partial charge in [-0.1, -0.05) is 43.2 Å². The fraction of sp³-hybridized carbons (Fsp3) is 0.429. The minimum Gasteiger partial charge on any atom is -0.489 e. The number of benzene rings is 3. The van der Waals surface area contributed by atoms with E-state index >= 15 is 0 Å². The first-order chi connectivity index (χ1) is 33.0. The van der Waals surface area contributed by atoms with Gasteiger partial charge in [0.25, 0.3) is 21.6 Å². The number of piperazine rings is 1. The lowest BCUT2D eigenvalue weighted by atomic mass is 9.72. The van der Waals surface area contributed by atoms with Crippen molar-refractivity contribution in [3.8, 4) is 17.2 Å². The maximum absolute atomic E-state index is 14.1. The third kappa shape index (κ3) is 11.2. The van der Waals surface area contributed by atoms with Crippen LogP contribution in [0.25, 0.3) is 16.6 Å². The summed E-state index contributed by atoms with van der Waals surface area (Å²) in [5.41, 5.74) is 5.21. The van der Waals surface area contributed by atoms with Crippen LogP contribution in [0.5, 0.6) is 17.2 Å². The van der Waals surface area contributed by atoms with Crippen molar-refractivity contribution in [3.05, 3.63) is 111 Å². The number of hydrogen-bond donors (Lipinski definition) is 3. The minimum absolute atomic E-state index is 0.0188. The van der Waals surface area contributed by atoms with Crippen molar-refractivity contribution in [1.29, 1.82) is 0 Å². The lowest BCUT2D eigenvalue weighted by Gasteiger charge is -2.39. The molecule has 3 aliphatic heterocycles. The summed E-state index contributed by atoms with van der Waals surface area (Å²) in [6, 6.07) is 18.6. The first kappa shape index (κ1) is 48.3. The molecule has 2 aromatic heterocycles. The Morgan fingerprint density at radius 2 is 1.81 bits per heavy atom. The van der Waals surface area contributed by atoms with E-state index in [4.69, 9.17) is 21.1 Å². The Balaban J connectivity index is 0.908. The number of carbonyl (C=O) groups is 1. The van der Waals surface area contributed by atoms with Crippen LogP contribution in [0.2, 0.25) is 5.02 Å². The highest BCUT2D eigenvalue weighted by Gasteiger charge is 2.34. The van der Waals surface area contributed by atoms with Crippen LogP contribution in [0.3, 0.4) is 0 Å².